The Bertz CT molecular complexity index is 1130. The van der Waals surface area contributed by atoms with E-state index in [2.05, 4.69) is 21.2 Å². The highest BCUT2D eigenvalue weighted by Gasteiger charge is 2.53. The van der Waals surface area contributed by atoms with Gasteiger partial charge >= 0.3 is 10.6 Å². The highest BCUT2D eigenvalue weighted by atomic mass is 79.9. The number of carbonyl (C=O) groups is 3. The predicted molar refractivity (Wildman–Crippen MR) is 106 cm³/mol. The van der Waals surface area contributed by atoms with Gasteiger partial charge in [0.1, 0.15) is 5.82 Å². The molecule has 7 nitrogen and oxygen atoms in total. The molecule has 0 fully saturated rings. The maximum absolute atomic E-state index is 13.8. The van der Waals surface area contributed by atoms with Crippen LogP contribution in [0.25, 0.3) is 0 Å². The summed E-state index contributed by atoms with van der Waals surface area (Å²) in [5.74, 6) is -1.58. The van der Waals surface area contributed by atoms with Gasteiger partial charge in [-0.2, -0.15) is 0 Å². The second-order valence-electron chi connectivity index (χ2n) is 6.60. The summed E-state index contributed by atoms with van der Waals surface area (Å²) in [6.45, 7) is 0. The van der Waals surface area contributed by atoms with Crippen LogP contribution in [0.1, 0.15) is 27.0 Å². The summed E-state index contributed by atoms with van der Waals surface area (Å²) in [4.78, 5) is 36.6. The molecule has 0 spiro atoms. The van der Waals surface area contributed by atoms with Crippen molar-refractivity contribution in [1.29, 1.82) is 0 Å². The smallest absolute Gasteiger partial charge is 0.361 e. The first-order valence-electron chi connectivity index (χ1n) is 8.17. The summed E-state index contributed by atoms with van der Waals surface area (Å²) >= 11 is 9.37. The molecule has 2 aromatic carbocycles. The lowest BCUT2D eigenvalue weighted by atomic mass is 9.91. The fourth-order valence-electron chi connectivity index (χ4n) is 3.90. The predicted octanol–water partition coefficient (Wildman–Crippen LogP) is 4.25. The number of amides is 1. The molecular weight excluding hydrogens is 493 g/mol. The first-order valence-corrected chi connectivity index (χ1v) is 11.1. The number of halogens is 3. The third kappa shape index (κ3) is 2.56. The van der Waals surface area contributed by atoms with Gasteiger partial charge < -0.3 is 20.6 Å². The number of hydrogen-bond acceptors (Lipinski definition) is 4. The topological polar surface area (TPSA) is 124 Å². The molecule has 1 atom stereocenters. The Kier molecular flexibility index (Phi) is 4.47. The molecule has 2 aliphatic rings. The summed E-state index contributed by atoms with van der Waals surface area (Å²) in [6.07, 6.45) is 0.0409. The molecule has 0 aliphatic carbocycles. The van der Waals surface area contributed by atoms with E-state index >= 15 is 0 Å². The van der Waals surface area contributed by atoms with Gasteiger partial charge in [0.05, 0.1) is 5.56 Å². The lowest BCUT2D eigenvalue weighted by Gasteiger charge is -2.28. The van der Waals surface area contributed by atoms with Crippen molar-refractivity contribution >= 4 is 54.1 Å². The number of benzene rings is 2. The van der Waals surface area contributed by atoms with E-state index in [-0.39, 0.29) is 48.8 Å². The number of rotatable bonds is 1. The molecule has 1 amide bonds. The third-order valence-electron chi connectivity index (χ3n) is 5.18. The Labute approximate surface area is 177 Å². The van der Waals surface area contributed by atoms with Crippen LogP contribution in [0, 0.1) is 5.82 Å². The zero-order valence-corrected chi connectivity index (χ0v) is 17.5. The fraction of sp³-hybridized carbons (Fsp3) is 0.167. The van der Waals surface area contributed by atoms with Gasteiger partial charge in [0, 0.05) is 31.3 Å². The van der Waals surface area contributed by atoms with Crippen LogP contribution >= 0.6 is 37.6 Å². The van der Waals surface area contributed by atoms with Crippen molar-refractivity contribution in [3.05, 3.63) is 61.8 Å². The molecule has 4 N–H and O–H groups in total. The van der Waals surface area contributed by atoms with E-state index in [1.54, 1.807) is 0 Å². The van der Waals surface area contributed by atoms with Crippen LogP contribution in [-0.2, 0) is 12.1 Å². The van der Waals surface area contributed by atoms with E-state index < -0.39 is 38.1 Å². The second kappa shape index (κ2) is 6.43. The standard InChI is InChI=1S/C18H12BrClFNO6S/c19-10-6-12-8(3-4-29(12,16(24)25)17(26)27)13-14(10)18(28,22-15(13)23)9-5-7(21)1-2-11(9)20/h1-2,5-6,28H,3-4H2,(H,22,23)(H,24,25)(H,26,27). The SMILES string of the molecule is O=C1NC(O)(c2cc(F)ccc2Cl)c2c(Br)cc3c(c21)CCS3(C(=O)O)C(=O)O. The maximum Gasteiger partial charge on any atom is 0.361 e. The van der Waals surface area contributed by atoms with Crippen LogP contribution < -0.4 is 5.32 Å². The zero-order valence-electron chi connectivity index (χ0n) is 14.3. The fourth-order valence-corrected chi connectivity index (χ4v) is 7.57. The third-order valence-corrected chi connectivity index (χ3v) is 9.26. The molecule has 0 radical (unpaired) electrons. The average Bonchev–Trinajstić information content (AvgIpc) is 3.14. The van der Waals surface area contributed by atoms with Gasteiger partial charge in [0.25, 0.3) is 5.91 Å². The van der Waals surface area contributed by atoms with Crippen LogP contribution in [0.4, 0.5) is 14.0 Å². The molecule has 0 saturated heterocycles. The first-order chi connectivity index (χ1) is 13.5. The summed E-state index contributed by atoms with van der Waals surface area (Å²) in [7, 11) is -3.28. The molecule has 2 aliphatic heterocycles. The Hall–Kier alpha value is -2.14. The summed E-state index contributed by atoms with van der Waals surface area (Å²) in [5.41, 5.74) is -2.00. The lowest BCUT2D eigenvalue weighted by molar-refractivity contribution is 0.0470. The summed E-state index contributed by atoms with van der Waals surface area (Å²) < 4.78 is 13.9. The molecule has 0 bridgehead atoms. The Morgan fingerprint density at radius 1 is 1.24 bits per heavy atom. The number of aliphatic hydroxyl groups is 1. The van der Waals surface area contributed by atoms with Crippen molar-refractivity contribution in [2.24, 2.45) is 0 Å². The largest absolute Gasteiger partial charge is 0.474 e. The highest BCUT2D eigenvalue weighted by molar-refractivity contribution is 9.10. The molecule has 0 aromatic heterocycles. The van der Waals surface area contributed by atoms with Crippen LogP contribution in [0.2, 0.25) is 5.02 Å². The second-order valence-corrected chi connectivity index (χ2v) is 10.9. The quantitative estimate of drug-likeness (QED) is 0.460. The molecular formula is C18H12BrClFNO6S. The Morgan fingerprint density at radius 2 is 1.90 bits per heavy atom. The lowest BCUT2D eigenvalue weighted by Crippen LogP contribution is -2.40. The normalized spacial score (nSPS) is 22.6. The Morgan fingerprint density at radius 3 is 2.52 bits per heavy atom. The number of hydrogen-bond donors (Lipinski definition) is 4. The van der Waals surface area contributed by atoms with Gasteiger partial charge in [-0.05, 0) is 46.3 Å². The van der Waals surface area contributed by atoms with Crippen molar-refractivity contribution in [3.8, 4) is 0 Å². The first kappa shape index (κ1) is 20.1. The van der Waals surface area contributed by atoms with E-state index in [9.17, 15) is 34.1 Å². The molecule has 29 heavy (non-hydrogen) atoms. The molecule has 1 unspecified atom stereocenters. The van der Waals surface area contributed by atoms with Gasteiger partial charge in [-0.1, -0.05) is 27.5 Å². The van der Waals surface area contributed by atoms with Crippen molar-refractivity contribution in [2.45, 2.75) is 17.0 Å². The van der Waals surface area contributed by atoms with Crippen LogP contribution in [0.15, 0.2) is 33.6 Å². The van der Waals surface area contributed by atoms with Crippen molar-refractivity contribution < 1.29 is 34.1 Å². The van der Waals surface area contributed by atoms with Gasteiger partial charge in [-0.3, -0.25) is 4.79 Å². The van der Waals surface area contributed by atoms with E-state index in [4.69, 9.17) is 11.6 Å². The van der Waals surface area contributed by atoms with E-state index in [0.29, 0.717) is 0 Å². The van der Waals surface area contributed by atoms with E-state index in [0.717, 1.165) is 12.1 Å². The van der Waals surface area contributed by atoms with Gasteiger partial charge in [-0.25, -0.2) is 14.0 Å². The molecule has 2 aromatic rings. The van der Waals surface area contributed by atoms with E-state index in [1.807, 2.05) is 0 Å². The van der Waals surface area contributed by atoms with Crippen molar-refractivity contribution in [1.82, 2.24) is 5.32 Å². The molecule has 0 saturated carbocycles. The van der Waals surface area contributed by atoms with Gasteiger partial charge in [0.15, 0.2) is 5.72 Å². The molecule has 152 valence electrons. The van der Waals surface area contributed by atoms with Crippen molar-refractivity contribution in [2.75, 3.05) is 5.75 Å². The van der Waals surface area contributed by atoms with Crippen LogP contribution in [0.3, 0.4) is 0 Å². The van der Waals surface area contributed by atoms with Crippen LogP contribution in [0.5, 0.6) is 0 Å². The summed E-state index contributed by atoms with van der Waals surface area (Å²) in [6, 6.07) is 4.64. The maximum atomic E-state index is 13.8. The number of fused-ring (bicyclic) bond motifs is 3. The van der Waals surface area contributed by atoms with Crippen LogP contribution in [-0.4, -0.2) is 37.6 Å². The zero-order chi connectivity index (χ0) is 21.3. The minimum Gasteiger partial charge on any atom is -0.474 e. The van der Waals surface area contributed by atoms with Crippen molar-refractivity contribution in [3.63, 3.8) is 0 Å². The monoisotopic (exact) mass is 503 g/mol. The summed E-state index contributed by atoms with van der Waals surface area (Å²) in [5, 5.41) is 30.1. The van der Waals surface area contributed by atoms with E-state index in [1.165, 1.54) is 12.1 Å². The number of carbonyl (C=O) groups excluding carboxylic acids is 1. The highest BCUT2D eigenvalue weighted by Crippen LogP contribution is 2.64. The molecule has 4 rings (SSSR count). The minimum atomic E-state index is -3.28. The molecule has 11 heteroatoms. The van der Waals surface area contributed by atoms with Gasteiger partial charge in [0.2, 0.25) is 0 Å². The number of carboxylic acid groups (broad SMARTS) is 2. The molecule has 2 heterocycles. The van der Waals surface area contributed by atoms with Gasteiger partial charge in [-0.15, -0.1) is 0 Å². The number of nitrogens with one attached hydrogen (secondary N) is 1. The Balaban J connectivity index is 2.03. The average molecular weight is 505 g/mol. The minimum absolute atomic E-state index is 0.00509.